The molecular weight excluding hydrogens is 216 g/mol. The van der Waals surface area contributed by atoms with Crippen LogP contribution in [0.1, 0.15) is 37.9 Å². The van der Waals surface area contributed by atoms with Gasteiger partial charge in [0.1, 0.15) is 0 Å². The Morgan fingerprint density at radius 2 is 2.41 bits per heavy atom. The molecule has 2 rings (SSSR count). The largest absolute Gasteiger partial charge is 0.338 e. The predicted molar refractivity (Wildman–Crippen MR) is 65.3 cm³/mol. The van der Waals surface area contributed by atoms with Crippen molar-refractivity contribution in [3.05, 3.63) is 11.7 Å². The van der Waals surface area contributed by atoms with Crippen LogP contribution in [0.15, 0.2) is 4.52 Å². The molecule has 0 radical (unpaired) electrons. The third-order valence-electron chi connectivity index (χ3n) is 3.36. The molecule has 2 N–H and O–H groups in total. The molecule has 1 aliphatic rings. The van der Waals surface area contributed by atoms with Crippen molar-refractivity contribution in [2.75, 3.05) is 19.6 Å². The number of piperidine rings is 1. The summed E-state index contributed by atoms with van der Waals surface area (Å²) in [6, 6.07) is 0. The lowest BCUT2D eigenvalue weighted by atomic mass is 9.95. The van der Waals surface area contributed by atoms with Crippen molar-refractivity contribution in [1.82, 2.24) is 15.0 Å². The molecule has 2 heterocycles. The Hall–Kier alpha value is -0.940. The highest BCUT2D eigenvalue weighted by molar-refractivity contribution is 4.86. The molecule has 1 aromatic rings. The number of rotatable bonds is 5. The number of aromatic nitrogens is 2. The number of aryl methyl sites for hydroxylation is 1. The van der Waals surface area contributed by atoms with Gasteiger partial charge in [0.15, 0.2) is 5.82 Å². The molecule has 0 saturated carbocycles. The van der Waals surface area contributed by atoms with Crippen molar-refractivity contribution in [3.63, 3.8) is 0 Å². The van der Waals surface area contributed by atoms with Crippen LogP contribution in [0, 0.1) is 5.92 Å². The fourth-order valence-electron chi connectivity index (χ4n) is 2.46. The van der Waals surface area contributed by atoms with E-state index in [1.807, 2.05) is 6.92 Å². The first kappa shape index (κ1) is 12.5. The predicted octanol–water partition coefficient (Wildman–Crippen LogP) is 1.19. The SMILES string of the molecule is CCc1noc(CN2CCCC(CCN)C2)n1. The molecule has 5 nitrogen and oxygen atoms in total. The highest BCUT2D eigenvalue weighted by Crippen LogP contribution is 2.20. The highest BCUT2D eigenvalue weighted by atomic mass is 16.5. The summed E-state index contributed by atoms with van der Waals surface area (Å²) in [6.07, 6.45) is 4.51. The zero-order valence-corrected chi connectivity index (χ0v) is 10.6. The Kier molecular flexibility index (Phi) is 4.50. The fourth-order valence-corrected chi connectivity index (χ4v) is 2.46. The van der Waals surface area contributed by atoms with Gasteiger partial charge in [-0.3, -0.25) is 4.90 Å². The van der Waals surface area contributed by atoms with Crippen molar-refractivity contribution >= 4 is 0 Å². The van der Waals surface area contributed by atoms with Gasteiger partial charge in [0.2, 0.25) is 5.89 Å². The molecule has 96 valence electrons. The topological polar surface area (TPSA) is 68.2 Å². The van der Waals surface area contributed by atoms with Gasteiger partial charge >= 0.3 is 0 Å². The minimum atomic E-state index is 0.738. The molecule has 1 fully saturated rings. The molecule has 17 heavy (non-hydrogen) atoms. The summed E-state index contributed by atoms with van der Waals surface area (Å²) in [7, 11) is 0. The number of hydrogen-bond acceptors (Lipinski definition) is 5. The van der Waals surface area contributed by atoms with Gasteiger partial charge in [0.05, 0.1) is 6.54 Å². The summed E-state index contributed by atoms with van der Waals surface area (Å²) in [5.74, 6) is 2.29. The van der Waals surface area contributed by atoms with E-state index in [-0.39, 0.29) is 0 Å². The van der Waals surface area contributed by atoms with Crippen LogP contribution in [0.5, 0.6) is 0 Å². The Morgan fingerprint density at radius 3 is 3.12 bits per heavy atom. The van der Waals surface area contributed by atoms with Crippen LogP contribution in [0.3, 0.4) is 0 Å². The quantitative estimate of drug-likeness (QED) is 0.834. The van der Waals surface area contributed by atoms with Crippen molar-refractivity contribution < 1.29 is 4.52 Å². The highest BCUT2D eigenvalue weighted by Gasteiger charge is 2.20. The molecule has 1 aromatic heterocycles. The normalized spacial score (nSPS) is 21.9. The number of likely N-dealkylation sites (tertiary alicyclic amines) is 1. The van der Waals surface area contributed by atoms with Crippen LogP contribution in [0.4, 0.5) is 0 Å². The molecule has 5 heteroatoms. The van der Waals surface area contributed by atoms with E-state index in [0.717, 1.165) is 56.7 Å². The average molecular weight is 238 g/mol. The summed E-state index contributed by atoms with van der Waals surface area (Å²) >= 11 is 0. The monoisotopic (exact) mass is 238 g/mol. The van der Waals surface area contributed by atoms with Crippen molar-refractivity contribution in [3.8, 4) is 0 Å². The van der Waals surface area contributed by atoms with Gasteiger partial charge in [-0.25, -0.2) is 0 Å². The van der Waals surface area contributed by atoms with Crippen LogP contribution in [-0.2, 0) is 13.0 Å². The first-order valence-electron chi connectivity index (χ1n) is 6.55. The Bertz CT molecular complexity index is 337. The summed E-state index contributed by atoms with van der Waals surface area (Å²) in [5.41, 5.74) is 5.62. The molecule has 0 bridgehead atoms. The van der Waals surface area contributed by atoms with Gasteiger partial charge in [-0.15, -0.1) is 0 Å². The van der Waals surface area contributed by atoms with E-state index in [9.17, 15) is 0 Å². The second-order valence-electron chi connectivity index (χ2n) is 4.78. The third kappa shape index (κ3) is 3.51. The van der Waals surface area contributed by atoms with E-state index in [1.54, 1.807) is 0 Å². The van der Waals surface area contributed by atoms with Crippen LogP contribution in [0.25, 0.3) is 0 Å². The van der Waals surface area contributed by atoms with E-state index >= 15 is 0 Å². The van der Waals surface area contributed by atoms with Crippen molar-refractivity contribution in [2.24, 2.45) is 11.7 Å². The van der Waals surface area contributed by atoms with Gasteiger partial charge in [0, 0.05) is 13.0 Å². The summed E-state index contributed by atoms with van der Waals surface area (Å²) in [4.78, 5) is 6.75. The molecule has 0 amide bonds. The Labute approximate surface area is 102 Å². The molecular formula is C12H22N4O. The lowest BCUT2D eigenvalue weighted by Gasteiger charge is -2.31. The van der Waals surface area contributed by atoms with Crippen LogP contribution in [-0.4, -0.2) is 34.7 Å². The molecule has 0 spiro atoms. The second kappa shape index (κ2) is 6.12. The van der Waals surface area contributed by atoms with E-state index in [1.165, 1.54) is 12.8 Å². The second-order valence-corrected chi connectivity index (χ2v) is 4.78. The number of nitrogens with two attached hydrogens (primary N) is 1. The maximum absolute atomic E-state index is 5.62. The van der Waals surface area contributed by atoms with Crippen molar-refractivity contribution in [2.45, 2.75) is 39.2 Å². The van der Waals surface area contributed by atoms with Crippen LogP contribution in [0.2, 0.25) is 0 Å². The summed E-state index contributed by atoms with van der Waals surface area (Å²) in [5, 5.41) is 3.92. The lowest BCUT2D eigenvalue weighted by molar-refractivity contribution is 0.146. The standard InChI is InChI=1S/C12H22N4O/c1-2-11-14-12(17-15-11)9-16-7-3-4-10(8-16)5-6-13/h10H,2-9,13H2,1H3. The van der Waals surface area contributed by atoms with Crippen LogP contribution >= 0.6 is 0 Å². The van der Waals surface area contributed by atoms with Crippen LogP contribution < -0.4 is 5.73 Å². The molecule has 0 aromatic carbocycles. The zero-order valence-electron chi connectivity index (χ0n) is 10.6. The smallest absolute Gasteiger partial charge is 0.240 e. The zero-order chi connectivity index (χ0) is 12.1. The molecule has 1 saturated heterocycles. The lowest BCUT2D eigenvalue weighted by Crippen LogP contribution is -2.35. The maximum Gasteiger partial charge on any atom is 0.240 e. The molecule has 1 unspecified atom stereocenters. The van der Waals surface area contributed by atoms with Crippen molar-refractivity contribution in [1.29, 1.82) is 0 Å². The van der Waals surface area contributed by atoms with Gasteiger partial charge < -0.3 is 10.3 Å². The first-order chi connectivity index (χ1) is 8.31. The van der Waals surface area contributed by atoms with Gasteiger partial charge in [-0.05, 0) is 38.3 Å². The molecule has 0 aliphatic carbocycles. The fraction of sp³-hybridized carbons (Fsp3) is 0.833. The molecule has 1 atom stereocenters. The van der Waals surface area contributed by atoms with E-state index in [0.29, 0.717) is 0 Å². The van der Waals surface area contributed by atoms with Gasteiger partial charge in [0.25, 0.3) is 0 Å². The van der Waals surface area contributed by atoms with E-state index < -0.39 is 0 Å². The third-order valence-corrected chi connectivity index (χ3v) is 3.36. The summed E-state index contributed by atoms with van der Waals surface area (Å²) < 4.78 is 5.23. The van der Waals surface area contributed by atoms with Gasteiger partial charge in [-0.2, -0.15) is 4.98 Å². The number of nitrogens with zero attached hydrogens (tertiary/aromatic N) is 3. The number of hydrogen-bond donors (Lipinski definition) is 1. The molecule has 1 aliphatic heterocycles. The Morgan fingerprint density at radius 1 is 1.53 bits per heavy atom. The maximum atomic E-state index is 5.62. The van der Waals surface area contributed by atoms with E-state index in [2.05, 4.69) is 15.0 Å². The Balaban J connectivity index is 1.85. The summed E-state index contributed by atoms with van der Waals surface area (Å²) in [6.45, 7) is 5.85. The van der Waals surface area contributed by atoms with E-state index in [4.69, 9.17) is 10.3 Å². The minimum Gasteiger partial charge on any atom is -0.338 e. The van der Waals surface area contributed by atoms with Gasteiger partial charge in [-0.1, -0.05) is 12.1 Å². The average Bonchev–Trinajstić information content (AvgIpc) is 2.78. The first-order valence-corrected chi connectivity index (χ1v) is 6.55. The minimum absolute atomic E-state index is 0.738.